The summed E-state index contributed by atoms with van der Waals surface area (Å²) >= 11 is 5.28. The highest BCUT2D eigenvalue weighted by Gasteiger charge is 2.09. The Morgan fingerprint density at radius 1 is 1.12 bits per heavy atom. The molecule has 0 atom stereocenters. The second-order valence-electron chi connectivity index (χ2n) is 3.45. The highest BCUT2D eigenvalue weighted by molar-refractivity contribution is 14.1. The van der Waals surface area contributed by atoms with Crippen LogP contribution in [0.2, 0.25) is 0 Å². The van der Waals surface area contributed by atoms with E-state index in [1.807, 2.05) is 52.9 Å². The van der Waals surface area contributed by atoms with E-state index in [1.165, 1.54) is 6.07 Å². The van der Waals surface area contributed by atoms with Crippen molar-refractivity contribution in [1.29, 1.82) is 0 Å². The molecule has 4 heteroatoms. The van der Waals surface area contributed by atoms with E-state index in [1.54, 1.807) is 6.07 Å². The highest BCUT2D eigenvalue weighted by Crippen LogP contribution is 2.32. The van der Waals surface area contributed by atoms with Crippen LogP contribution in [0.3, 0.4) is 0 Å². The SMILES string of the molecule is Fc1ccc(OCc2ccccc2)c(Br)c1I. The quantitative estimate of drug-likeness (QED) is 0.526. The molecule has 0 radical (unpaired) electrons. The summed E-state index contributed by atoms with van der Waals surface area (Å²) in [7, 11) is 0. The van der Waals surface area contributed by atoms with Gasteiger partial charge in [0.1, 0.15) is 18.2 Å². The maximum absolute atomic E-state index is 13.2. The summed E-state index contributed by atoms with van der Waals surface area (Å²) in [4.78, 5) is 0. The molecule has 2 aromatic carbocycles. The fraction of sp³-hybridized carbons (Fsp3) is 0.0769. The Bertz CT molecular complexity index is 516. The standard InChI is InChI=1S/C13H9BrFIO/c14-12-11(7-6-10(15)13(12)16)17-8-9-4-2-1-3-5-9/h1-7H,8H2. The largest absolute Gasteiger partial charge is 0.488 e. The third-order valence-electron chi connectivity index (χ3n) is 2.24. The topological polar surface area (TPSA) is 9.23 Å². The van der Waals surface area contributed by atoms with Gasteiger partial charge in [-0.25, -0.2) is 4.39 Å². The Balaban J connectivity index is 2.13. The van der Waals surface area contributed by atoms with Crippen LogP contribution >= 0.6 is 38.5 Å². The van der Waals surface area contributed by atoms with Crippen LogP contribution in [-0.4, -0.2) is 0 Å². The molecule has 0 fully saturated rings. The summed E-state index contributed by atoms with van der Waals surface area (Å²) in [6.07, 6.45) is 0. The maximum atomic E-state index is 13.2. The van der Waals surface area contributed by atoms with Gasteiger partial charge in [0, 0.05) is 0 Å². The third kappa shape index (κ3) is 3.19. The number of rotatable bonds is 3. The minimum atomic E-state index is -0.246. The van der Waals surface area contributed by atoms with Gasteiger partial charge in [-0.05, 0) is 56.2 Å². The summed E-state index contributed by atoms with van der Waals surface area (Å²) in [6, 6.07) is 12.9. The normalized spacial score (nSPS) is 10.3. The molecule has 0 N–H and O–H groups in total. The van der Waals surface area contributed by atoms with Crippen LogP contribution in [-0.2, 0) is 6.61 Å². The second kappa shape index (κ2) is 5.82. The first-order valence-corrected chi connectivity index (χ1v) is 6.86. The molecule has 0 saturated heterocycles. The second-order valence-corrected chi connectivity index (χ2v) is 5.32. The Kier molecular flexibility index (Phi) is 4.39. The van der Waals surface area contributed by atoms with Gasteiger partial charge in [0.15, 0.2) is 0 Å². The zero-order valence-electron chi connectivity index (χ0n) is 8.79. The molecule has 0 bridgehead atoms. The van der Waals surface area contributed by atoms with Crippen molar-refractivity contribution in [3.05, 3.63) is 61.9 Å². The van der Waals surface area contributed by atoms with Gasteiger partial charge in [-0.1, -0.05) is 30.3 Å². The third-order valence-corrected chi connectivity index (χ3v) is 4.82. The molecule has 0 aliphatic rings. The van der Waals surface area contributed by atoms with Crippen molar-refractivity contribution in [2.24, 2.45) is 0 Å². The zero-order chi connectivity index (χ0) is 12.3. The van der Waals surface area contributed by atoms with Crippen molar-refractivity contribution in [3.63, 3.8) is 0 Å². The van der Waals surface area contributed by atoms with Crippen molar-refractivity contribution < 1.29 is 9.13 Å². The molecule has 0 aliphatic carbocycles. The predicted octanol–water partition coefficient (Wildman–Crippen LogP) is 4.77. The monoisotopic (exact) mass is 406 g/mol. The summed E-state index contributed by atoms with van der Waals surface area (Å²) in [6.45, 7) is 0.473. The number of hydrogen-bond donors (Lipinski definition) is 0. The van der Waals surface area contributed by atoms with E-state index in [4.69, 9.17) is 4.74 Å². The molecule has 0 heterocycles. The average Bonchev–Trinajstić information content (AvgIpc) is 2.36. The van der Waals surface area contributed by atoms with Crippen LogP contribution in [0.4, 0.5) is 4.39 Å². The van der Waals surface area contributed by atoms with Gasteiger partial charge in [0.05, 0.1) is 8.04 Å². The first kappa shape index (κ1) is 12.8. The van der Waals surface area contributed by atoms with Gasteiger partial charge < -0.3 is 4.74 Å². The molecule has 0 amide bonds. The minimum Gasteiger partial charge on any atom is -0.488 e. The van der Waals surface area contributed by atoms with Gasteiger partial charge in [-0.2, -0.15) is 0 Å². The van der Waals surface area contributed by atoms with Crippen LogP contribution in [0.5, 0.6) is 5.75 Å². The van der Waals surface area contributed by atoms with Crippen LogP contribution in [0, 0.1) is 9.39 Å². The minimum absolute atomic E-state index is 0.246. The molecule has 1 nitrogen and oxygen atoms in total. The smallest absolute Gasteiger partial charge is 0.137 e. The average molecular weight is 407 g/mol. The summed E-state index contributed by atoms with van der Waals surface area (Å²) in [5.74, 6) is 0.407. The van der Waals surface area contributed by atoms with E-state index in [0.717, 1.165) is 5.56 Å². The van der Waals surface area contributed by atoms with E-state index >= 15 is 0 Å². The molecule has 0 aliphatic heterocycles. The van der Waals surface area contributed by atoms with Crippen LogP contribution in [0.1, 0.15) is 5.56 Å². The lowest BCUT2D eigenvalue weighted by Crippen LogP contribution is -1.97. The fourth-order valence-corrected chi connectivity index (χ4v) is 2.24. The Hall–Kier alpha value is -0.620. The summed E-state index contributed by atoms with van der Waals surface area (Å²) < 4.78 is 20.1. The van der Waals surface area contributed by atoms with Gasteiger partial charge in [-0.15, -0.1) is 0 Å². The van der Waals surface area contributed by atoms with E-state index in [-0.39, 0.29) is 5.82 Å². The van der Waals surface area contributed by atoms with E-state index < -0.39 is 0 Å². The molecule has 2 aromatic rings. The lowest BCUT2D eigenvalue weighted by Gasteiger charge is -2.09. The number of hydrogen-bond acceptors (Lipinski definition) is 1. The van der Waals surface area contributed by atoms with Crippen molar-refractivity contribution >= 4 is 38.5 Å². The maximum Gasteiger partial charge on any atom is 0.137 e. The molecule has 0 saturated carbocycles. The Morgan fingerprint density at radius 3 is 2.53 bits per heavy atom. The van der Waals surface area contributed by atoms with Gasteiger partial charge >= 0.3 is 0 Å². The van der Waals surface area contributed by atoms with Crippen LogP contribution < -0.4 is 4.74 Å². The van der Waals surface area contributed by atoms with E-state index in [2.05, 4.69) is 15.9 Å². The van der Waals surface area contributed by atoms with Gasteiger partial charge in [0.25, 0.3) is 0 Å². The molecule has 88 valence electrons. The highest BCUT2D eigenvalue weighted by atomic mass is 127. The zero-order valence-corrected chi connectivity index (χ0v) is 12.5. The summed E-state index contributed by atoms with van der Waals surface area (Å²) in [5, 5.41) is 0. The van der Waals surface area contributed by atoms with Crippen molar-refractivity contribution in [3.8, 4) is 5.75 Å². The first-order valence-electron chi connectivity index (χ1n) is 4.98. The Labute approximate surface area is 121 Å². The molecule has 0 unspecified atom stereocenters. The summed E-state index contributed by atoms with van der Waals surface area (Å²) in [5.41, 5.74) is 1.08. The molecule has 2 rings (SSSR count). The van der Waals surface area contributed by atoms with E-state index in [0.29, 0.717) is 20.4 Å². The number of halogens is 3. The lowest BCUT2D eigenvalue weighted by molar-refractivity contribution is 0.303. The Morgan fingerprint density at radius 2 is 1.82 bits per heavy atom. The van der Waals surface area contributed by atoms with E-state index in [9.17, 15) is 4.39 Å². The van der Waals surface area contributed by atoms with Gasteiger partial charge in [-0.3, -0.25) is 0 Å². The molecule has 0 spiro atoms. The van der Waals surface area contributed by atoms with Crippen molar-refractivity contribution in [2.45, 2.75) is 6.61 Å². The van der Waals surface area contributed by atoms with Crippen molar-refractivity contribution in [1.82, 2.24) is 0 Å². The predicted molar refractivity (Wildman–Crippen MR) is 77.6 cm³/mol. The number of benzene rings is 2. The lowest BCUT2D eigenvalue weighted by atomic mass is 10.2. The molecular weight excluding hydrogens is 398 g/mol. The molecule has 17 heavy (non-hydrogen) atoms. The van der Waals surface area contributed by atoms with Crippen LogP contribution in [0.25, 0.3) is 0 Å². The fourth-order valence-electron chi connectivity index (χ4n) is 1.35. The van der Waals surface area contributed by atoms with Crippen molar-refractivity contribution in [2.75, 3.05) is 0 Å². The number of ether oxygens (including phenoxy) is 1. The molecular formula is C13H9BrFIO. The van der Waals surface area contributed by atoms with Gasteiger partial charge in [0.2, 0.25) is 0 Å². The first-order chi connectivity index (χ1) is 8.18. The molecule has 0 aromatic heterocycles. The van der Waals surface area contributed by atoms with Crippen LogP contribution in [0.15, 0.2) is 46.9 Å².